The second-order valence-electron chi connectivity index (χ2n) is 7.81. The fourth-order valence-electron chi connectivity index (χ4n) is 4.37. The summed E-state index contributed by atoms with van der Waals surface area (Å²) in [6.45, 7) is 0.295. The fraction of sp³-hybridized carbons (Fsp3) is 0.217. The third-order valence-corrected chi connectivity index (χ3v) is 5.87. The van der Waals surface area contributed by atoms with Gasteiger partial charge in [0.2, 0.25) is 11.8 Å². The second kappa shape index (κ2) is 7.16. The van der Waals surface area contributed by atoms with Gasteiger partial charge in [0.1, 0.15) is 11.9 Å². The van der Waals surface area contributed by atoms with E-state index in [1.54, 1.807) is 30.1 Å². The first-order valence-corrected chi connectivity index (χ1v) is 9.98. The summed E-state index contributed by atoms with van der Waals surface area (Å²) in [4.78, 5) is 38.1. The van der Waals surface area contributed by atoms with Crippen molar-refractivity contribution in [2.75, 3.05) is 0 Å². The van der Waals surface area contributed by atoms with Crippen LogP contribution in [-0.2, 0) is 23.2 Å². The van der Waals surface area contributed by atoms with E-state index in [2.05, 4.69) is 10.4 Å². The summed E-state index contributed by atoms with van der Waals surface area (Å²) in [5.41, 5.74) is 4.50. The van der Waals surface area contributed by atoms with E-state index in [1.807, 2.05) is 18.2 Å². The Morgan fingerprint density at radius 1 is 1.06 bits per heavy atom. The first kappa shape index (κ1) is 19.2. The standard InChI is InChI=1S/C23H19FN4O3/c1-27-21(14-3-2-4-16(24)10-14)18(11-25-27)13-5-6-17-15(9-13)12-28(23(17)31)19-7-8-20(29)26-22(19)30/h2-6,9-11,19H,7-8,12H2,1H3,(H,26,29,30). The van der Waals surface area contributed by atoms with E-state index >= 15 is 0 Å². The number of carbonyl (C=O) groups excluding carboxylic acids is 3. The Morgan fingerprint density at radius 3 is 2.68 bits per heavy atom. The minimum Gasteiger partial charge on any atom is -0.322 e. The summed E-state index contributed by atoms with van der Waals surface area (Å²) in [6.07, 6.45) is 2.26. The van der Waals surface area contributed by atoms with Crippen LogP contribution in [0, 0.1) is 5.82 Å². The van der Waals surface area contributed by atoms with Crippen molar-refractivity contribution in [2.24, 2.45) is 7.05 Å². The quantitative estimate of drug-likeness (QED) is 0.663. The zero-order valence-corrected chi connectivity index (χ0v) is 16.8. The molecule has 0 aliphatic carbocycles. The van der Waals surface area contributed by atoms with Crippen LogP contribution in [0.3, 0.4) is 0 Å². The zero-order chi connectivity index (χ0) is 21.7. The van der Waals surface area contributed by atoms with Crippen LogP contribution >= 0.6 is 0 Å². The van der Waals surface area contributed by atoms with Gasteiger partial charge in [-0.05, 0) is 41.8 Å². The maximum absolute atomic E-state index is 13.8. The molecule has 2 aliphatic heterocycles. The van der Waals surface area contributed by atoms with Gasteiger partial charge in [-0.15, -0.1) is 0 Å². The monoisotopic (exact) mass is 418 g/mol. The molecule has 7 nitrogen and oxygen atoms in total. The Labute approximate surface area is 177 Å². The number of carbonyl (C=O) groups is 3. The SMILES string of the molecule is Cn1ncc(-c2ccc3c(c2)CN(C2CCC(=O)NC2=O)C3=O)c1-c1cccc(F)c1. The largest absolute Gasteiger partial charge is 0.322 e. The molecular weight excluding hydrogens is 399 g/mol. The number of aromatic nitrogens is 2. The number of imide groups is 1. The summed E-state index contributed by atoms with van der Waals surface area (Å²) in [7, 11) is 1.80. The molecule has 0 spiro atoms. The topological polar surface area (TPSA) is 84.3 Å². The molecule has 3 amide bonds. The van der Waals surface area contributed by atoms with E-state index in [-0.39, 0.29) is 24.1 Å². The molecule has 1 unspecified atom stereocenters. The van der Waals surface area contributed by atoms with Crippen LogP contribution in [0.2, 0.25) is 0 Å². The molecule has 2 aliphatic rings. The Kier molecular flexibility index (Phi) is 4.43. The molecule has 1 saturated heterocycles. The molecule has 3 aromatic rings. The Morgan fingerprint density at radius 2 is 1.90 bits per heavy atom. The number of piperidine rings is 1. The van der Waals surface area contributed by atoms with Crippen LogP contribution in [0.1, 0.15) is 28.8 Å². The summed E-state index contributed by atoms with van der Waals surface area (Å²) >= 11 is 0. The highest BCUT2D eigenvalue weighted by Crippen LogP contribution is 2.35. The number of halogens is 1. The fourth-order valence-corrected chi connectivity index (χ4v) is 4.37. The van der Waals surface area contributed by atoms with Gasteiger partial charge in [0.25, 0.3) is 5.91 Å². The maximum atomic E-state index is 13.8. The van der Waals surface area contributed by atoms with Crippen molar-refractivity contribution >= 4 is 17.7 Å². The number of nitrogens with zero attached hydrogens (tertiary/aromatic N) is 3. The lowest BCUT2D eigenvalue weighted by molar-refractivity contribution is -0.136. The highest BCUT2D eigenvalue weighted by molar-refractivity contribution is 6.05. The van der Waals surface area contributed by atoms with Crippen LogP contribution in [0.5, 0.6) is 0 Å². The van der Waals surface area contributed by atoms with Crippen molar-refractivity contribution in [3.63, 3.8) is 0 Å². The summed E-state index contributed by atoms with van der Waals surface area (Å²) in [5.74, 6) is -1.29. The van der Waals surface area contributed by atoms with E-state index in [1.165, 1.54) is 17.0 Å². The van der Waals surface area contributed by atoms with Gasteiger partial charge in [0, 0.05) is 36.7 Å². The Balaban J connectivity index is 1.50. The van der Waals surface area contributed by atoms with Crippen LogP contribution in [0.4, 0.5) is 4.39 Å². The van der Waals surface area contributed by atoms with Gasteiger partial charge in [-0.25, -0.2) is 4.39 Å². The molecule has 2 aromatic carbocycles. The lowest BCUT2D eigenvalue weighted by atomic mass is 9.98. The number of benzene rings is 2. The zero-order valence-electron chi connectivity index (χ0n) is 16.8. The molecule has 1 fully saturated rings. The minimum atomic E-state index is -0.651. The third-order valence-electron chi connectivity index (χ3n) is 5.87. The molecule has 5 rings (SSSR count). The van der Waals surface area contributed by atoms with Crippen molar-refractivity contribution in [2.45, 2.75) is 25.4 Å². The number of fused-ring (bicyclic) bond motifs is 1. The number of hydrogen-bond donors (Lipinski definition) is 1. The average molecular weight is 418 g/mol. The van der Waals surface area contributed by atoms with Crippen molar-refractivity contribution in [3.8, 4) is 22.4 Å². The van der Waals surface area contributed by atoms with E-state index in [4.69, 9.17) is 0 Å². The summed E-state index contributed by atoms with van der Waals surface area (Å²) in [5, 5.41) is 6.66. The predicted octanol–water partition coefficient (Wildman–Crippen LogP) is 2.65. The van der Waals surface area contributed by atoms with Gasteiger partial charge in [0.15, 0.2) is 0 Å². The molecule has 156 valence electrons. The van der Waals surface area contributed by atoms with E-state index < -0.39 is 11.9 Å². The lowest BCUT2D eigenvalue weighted by Crippen LogP contribution is -2.52. The number of nitrogens with one attached hydrogen (secondary N) is 1. The molecule has 0 bridgehead atoms. The van der Waals surface area contributed by atoms with Crippen molar-refractivity contribution in [1.29, 1.82) is 0 Å². The van der Waals surface area contributed by atoms with E-state index in [0.29, 0.717) is 24.1 Å². The van der Waals surface area contributed by atoms with Crippen LogP contribution in [0.25, 0.3) is 22.4 Å². The number of rotatable bonds is 3. The van der Waals surface area contributed by atoms with Gasteiger partial charge < -0.3 is 4.90 Å². The first-order chi connectivity index (χ1) is 14.9. The molecule has 0 radical (unpaired) electrons. The van der Waals surface area contributed by atoms with Gasteiger partial charge in [-0.2, -0.15) is 5.10 Å². The van der Waals surface area contributed by atoms with E-state index in [0.717, 1.165) is 22.4 Å². The van der Waals surface area contributed by atoms with Gasteiger partial charge >= 0.3 is 0 Å². The minimum absolute atomic E-state index is 0.215. The predicted molar refractivity (Wildman–Crippen MR) is 110 cm³/mol. The van der Waals surface area contributed by atoms with Gasteiger partial charge in [0.05, 0.1) is 11.9 Å². The molecule has 8 heteroatoms. The number of amides is 3. The molecule has 31 heavy (non-hydrogen) atoms. The third kappa shape index (κ3) is 3.20. The average Bonchev–Trinajstić information content (AvgIpc) is 3.28. The highest BCUT2D eigenvalue weighted by atomic mass is 19.1. The molecule has 1 N–H and O–H groups in total. The van der Waals surface area contributed by atoms with Crippen LogP contribution < -0.4 is 5.32 Å². The molecule has 3 heterocycles. The second-order valence-corrected chi connectivity index (χ2v) is 7.81. The van der Waals surface area contributed by atoms with Gasteiger partial charge in [-0.1, -0.05) is 18.2 Å². The summed E-state index contributed by atoms with van der Waals surface area (Å²) < 4.78 is 15.5. The number of hydrogen-bond acceptors (Lipinski definition) is 4. The molecular formula is C23H19FN4O3. The van der Waals surface area contributed by atoms with Gasteiger partial charge in [-0.3, -0.25) is 24.4 Å². The smallest absolute Gasteiger partial charge is 0.255 e. The lowest BCUT2D eigenvalue weighted by Gasteiger charge is -2.29. The van der Waals surface area contributed by atoms with E-state index in [9.17, 15) is 18.8 Å². The van der Waals surface area contributed by atoms with Crippen molar-refractivity contribution in [3.05, 3.63) is 65.6 Å². The normalized spacial score (nSPS) is 18.3. The van der Waals surface area contributed by atoms with Crippen molar-refractivity contribution < 1.29 is 18.8 Å². The maximum Gasteiger partial charge on any atom is 0.255 e. The molecule has 1 atom stereocenters. The van der Waals surface area contributed by atoms with Crippen molar-refractivity contribution in [1.82, 2.24) is 20.0 Å². The molecule has 1 aromatic heterocycles. The molecule has 0 saturated carbocycles. The Bertz CT molecular complexity index is 1250. The summed E-state index contributed by atoms with van der Waals surface area (Å²) in [6, 6.07) is 11.2. The number of aryl methyl sites for hydroxylation is 1. The Hall–Kier alpha value is -3.81. The first-order valence-electron chi connectivity index (χ1n) is 9.98. The highest BCUT2D eigenvalue weighted by Gasteiger charge is 2.39. The van der Waals surface area contributed by atoms with Crippen LogP contribution in [0.15, 0.2) is 48.7 Å². The van der Waals surface area contributed by atoms with Crippen LogP contribution in [-0.4, -0.2) is 38.4 Å².